The molecule has 3 aromatic rings. The highest BCUT2D eigenvalue weighted by Gasteiger charge is 2.35. The minimum atomic E-state index is -4.58. The van der Waals surface area contributed by atoms with Gasteiger partial charge in [0.1, 0.15) is 0 Å². The maximum Gasteiger partial charge on any atom is 0.416 e. The Balaban J connectivity index is 1.43. The van der Waals surface area contributed by atoms with E-state index in [9.17, 15) is 18.0 Å². The van der Waals surface area contributed by atoms with E-state index in [-0.39, 0.29) is 48.1 Å². The molecule has 1 aliphatic rings. The van der Waals surface area contributed by atoms with Gasteiger partial charge in [0.15, 0.2) is 0 Å². The van der Waals surface area contributed by atoms with Gasteiger partial charge in [0.25, 0.3) is 0 Å². The Morgan fingerprint density at radius 3 is 2.69 bits per heavy atom. The first-order valence-electron chi connectivity index (χ1n) is 12.9. The summed E-state index contributed by atoms with van der Waals surface area (Å²) >= 11 is 0. The van der Waals surface area contributed by atoms with Gasteiger partial charge in [-0.1, -0.05) is 32.9 Å². The Kier molecular flexibility index (Phi) is 8.55. The lowest BCUT2D eigenvalue weighted by Gasteiger charge is -2.27. The number of halogens is 3. The highest BCUT2D eigenvalue weighted by atomic mass is 19.4. The van der Waals surface area contributed by atoms with Crippen molar-refractivity contribution in [1.82, 2.24) is 30.0 Å². The number of likely N-dealkylation sites (tertiary alicyclic amines) is 1. The number of rotatable bonds is 9. The van der Waals surface area contributed by atoms with Crippen LogP contribution < -0.4 is 10.6 Å². The van der Waals surface area contributed by atoms with E-state index < -0.39 is 11.7 Å². The second-order valence-electron chi connectivity index (χ2n) is 10.8. The number of aliphatic hydroxyl groups is 1. The smallest absolute Gasteiger partial charge is 0.394 e. The highest BCUT2D eigenvalue weighted by molar-refractivity contribution is 5.78. The van der Waals surface area contributed by atoms with Crippen LogP contribution in [-0.4, -0.2) is 61.9 Å². The fourth-order valence-corrected chi connectivity index (χ4v) is 4.63. The van der Waals surface area contributed by atoms with Gasteiger partial charge >= 0.3 is 6.18 Å². The molecule has 1 aromatic carbocycles. The molecule has 210 valence electrons. The summed E-state index contributed by atoms with van der Waals surface area (Å²) in [4.78, 5) is 22.9. The molecule has 0 bridgehead atoms. The number of nitrogens with zero attached hydrogens (tertiary/aromatic N) is 5. The van der Waals surface area contributed by atoms with Crippen LogP contribution in [-0.2, 0) is 24.1 Å². The van der Waals surface area contributed by atoms with Crippen LogP contribution in [0.3, 0.4) is 0 Å². The molecule has 0 radical (unpaired) electrons. The van der Waals surface area contributed by atoms with Gasteiger partial charge in [-0.05, 0) is 35.4 Å². The Hall–Kier alpha value is -3.51. The van der Waals surface area contributed by atoms with Gasteiger partial charge in [0.2, 0.25) is 11.9 Å². The number of carbonyl (C=O) groups is 1. The summed E-state index contributed by atoms with van der Waals surface area (Å²) in [5.74, 6) is 0.506. The van der Waals surface area contributed by atoms with Crippen LogP contribution >= 0.6 is 0 Å². The van der Waals surface area contributed by atoms with Gasteiger partial charge in [-0.15, -0.1) is 0 Å². The van der Waals surface area contributed by atoms with Crippen molar-refractivity contribution in [2.45, 2.75) is 46.5 Å². The third-order valence-corrected chi connectivity index (χ3v) is 6.94. The van der Waals surface area contributed by atoms with Crippen molar-refractivity contribution in [3.8, 4) is 11.3 Å². The Morgan fingerprint density at radius 1 is 1.21 bits per heavy atom. The molecule has 12 heteroatoms. The molecule has 39 heavy (non-hydrogen) atoms. The lowest BCUT2D eigenvalue weighted by Crippen LogP contribution is -2.37. The predicted octanol–water partition coefficient (Wildman–Crippen LogP) is 4.08. The molecule has 0 aliphatic carbocycles. The maximum absolute atomic E-state index is 14.0. The van der Waals surface area contributed by atoms with E-state index in [2.05, 4.69) is 46.5 Å². The third kappa shape index (κ3) is 7.33. The summed E-state index contributed by atoms with van der Waals surface area (Å²) in [7, 11) is 0. The average Bonchev–Trinajstić information content (AvgIpc) is 3.54. The number of hydrogen-bond donors (Lipinski definition) is 3. The number of benzene rings is 1. The van der Waals surface area contributed by atoms with E-state index in [0.29, 0.717) is 36.9 Å². The van der Waals surface area contributed by atoms with E-state index in [1.54, 1.807) is 17.2 Å². The fourth-order valence-electron chi connectivity index (χ4n) is 4.63. The summed E-state index contributed by atoms with van der Waals surface area (Å²) in [5.41, 5.74) is 0.557. The van der Waals surface area contributed by atoms with Crippen molar-refractivity contribution in [2.24, 2.45) is 11.3 Å². The number of nitrogens with one attached hydrogen (secondary N) is 2. The topological polar surface area (TPSA) is 108 Å². The van der Waals surface area contributed by atoms with Gasteiger partial charge in [-0.25, -0.2) is 9.97 Å². The Morgan fingerprint density at radius 2 is 2.00 bits per heavy atom. The molecule has 1 atom stereocenters. The summed E-state index contributed by atoms with van der Waals surface area (Å²) in [6.45, 7) is 7.96. The van der Waals surface area contributed by atoms with Crippen molar-refractivity contribution in [3.63, 3.8) is 0 Å². The molecular formula is C27H34F3N7O2. The predicted molar refractivity (Wildman–Crippen MR) is 141 cm³/mol. The summed E-state index contributed by atoms with van der Waals surface area (Å²) in [6.07, 6.45) is 1.00. The standard InChI is InChI=1S/C27H34F3N7O2/c1-26(2,3)20-7-9-36(16-20)24(39)15-31-13-19-5-4-18(12-22(19)27(28,29)30)23-6-8-32-25(35-23)34-21-14-33-37(17-21)10-11-38/h4-6,8,12,14,17,20,31,38H,7,9-11,13,15-16H2,1-3H3,(H,32,34,35). The molecule has 0 saturated carbocycles. The molecule has 9 nitrogen and oxygen atoms in total. The van der Waals surface area contributed by atoms with Crippen LogP contribution in [0.2, 0.25) is 0 Å². The molecule has 1 fully saturated rings. The zero-order valence-corrected chi connectivity index (χ0v) is 22.3. The molecule has 1 aliphatic heterocycles. The summed E-state index contributed by atoms with van der Waals surface area (Å²) in [5, 5.41) is 19.0. The van der Waals surface area contributed by atoms with E-state index in [1.165, 1.54) is 29.2 Å². The van der Waals surface area contributed by atoms with Gasteiger partial charge in [-0.3, -0.25) is 9.48 Å². The molecule has 3 N–H and O–H groups in total. The van der Waals surface area contributed by atoms with Crippen molar-refractivity contribution in [1.29, 1.82) is 0 Å². The number of alkyl halides is 3. The van der Waals surface area contributed by atoms with Gasteiger partial charge < -0.3 is 20.6 Å². The number of amides is 1. The largest absolute Gasteiger partial charge is 0.416 e. The normalized spacial score (nSPS) is 16.1. The van der Waals surface area contributed by atoms with Gasteiger partial charge in [0.05, 0.1) is 42.8 Å². The lowest BCUT2D eigenvalue weighted by molar-refractivity contribution is -0.138. The van der Waals surface area contributed by atoms with Crippen molar-refractivity contribution >= 4 is 17.5 Å². The molecular weight excluding hydrogens is 511 g/mol. The minimum Gasteiger partial charge on any atom is -0.394 e. The van der Waals surface area contributed by atoms with Crippen LogP contribution in [0.25, 0.3) is 11.3 Å². The van der Waals surface area contributed by atoms with Crippen molar-refractivity contribution < 1.29 is 23.1 Å². The Bertz CT molecular complexity index is 1290. The molecule has 4 rings (SSSR count). The third-order valence-electron chi connectivity index (χ3n) is 6.94. The number of aromatic nitrogens is 4. The van der Waals surface area contributed by atoms with E-state index >= 15 is 0 Å². The van der Waals surface area contributed by atoms with E-state index in [4.69, 9.17) is 5.11 Å². The number of carbonyl (C=O) groups excluding carboxylic acids is 1. The van der Waals surface area contributed by atoms with Crippen LogP contribution in [0.5, 0.6) is 0 Å². The molecule has 1 unspecified atom stereocenters. The second kappa shape index (κ2) is 11.7. The first-order chi connectivity index (χ1) is 18.4. The average molecular weight is 546 g/mol. The molecule has 2 aromatic heterocycles. The van der Waals surface area contributed by atoms with Gasteiger partial charge in [0, 0.05) is 37.6 Å². The van der Waals surface area contributed by atoms with E-state index in [1.807, 2.05) is 0 Å². The minimum absolute atomic E-state index is 0.0221. The second-order valence-corrected chi connectivity index (χ2v) is 10.8. The molecule has 0 spiro atoms. The monoisotopic (exact) mass is 545 g/mol. The lowest BCUT2D eigenvalue weighted by atomic mass is 9.80. The molecule has 1 amide bonds. The zero-order valence-electron chi connectivity index (χ0n) is 22.3. The highest BCUT2D eigenvalue weighted by Crippen LogP contribution is 2.35. The zero-order chi connectivity index (χ0) is 28.2. The molecule has 1 saturated heterocycles. The molecule has 3 heterocycles. The first kappa shape index (κ1) is 28.5. The SMILES string of the molecule is CC(C)(C)C1CCN(C(=O)CNCc2ccc(-c3ccnc(Nc4cnn(CCO)c4)n3)cc2C(F)(F)F)C1. The number of aliphatic hydroxyl groups excluding tert-OH is 1. The van der Waals surface area contributed by atoms with Crippen LogP contribution in [0.4, 0.5) is 24.8 Å². The quantitative estimate of drug-likeness (QED) is 0.372. The Labute approximate surface area is 225 Å². The maximum atomic E-state index is 14.0. The number of anilines is 2. The van der Waals surface area contributed by atoms with E-state index in [0.717, 1.165) is 12.5 Å². The first-order valence-corrected chi connectivity index (χ1v) is 12.9. The number of hydrogen-bond acceptors (Lipinski definition) is 7. The van der Waals surface area contributed by atoms with Crippen LogP contribution in [0.1, 0.15) is 38.3 Å². The van der Waals surface area contributed by atoms with Gasteiger partial charge in [-0.2, -0.15) is 18.3 Å². The van der Waals surface area contributed by atoms with Crippen molar-refractivity contribution in [3.05, 3.63) is 54.0 Å². The fraction of sp³-hybridized carbons (Fsp3) is 0.481. The van der Waals surface area contributed by atoms with Crippen LogP contribution in [0, 0.1) is 11.3 Å². The van der Waals surface area contributed by atoms with Crippen molar-refractivity contribution in [2.75, 3.05) is 31.6 Å². The summed E-state index contributed by atoms with van der Waals surface area (Å²) in [6, 6.07) is 5.59. The summed E-state index contributed by atoms with van der Waals surface area (Å²) < 4.78 is 43.5. The van der Waals surface area contributed by atoms with Crippen LogP contribution in [0.15, 0.2) is 42.9 Å².